The molecule has 0 atom stereocenters. The summed E-state index contributed by atoms with van der Waals surface area (Å²) in [5.41, 5.74) is 4.53. The van der Waals surface area contributed by atoms with Gasteiger partial charge in [-0.25, -0.2) is 4.98 Å². The SMILES string of the molecule is COc1ccc(-n2c(C)nc3cc(CCCCCNC=O)ccc32)cc1. The summed E-state index contributed by atoms with van der Waals surface area (Å²) in [5, 5.41) is 2.70. The Labute approximate surface area is 154 Å². The number of nitrogens with zero attached hydrogens (tertiary/aromatic N) is 2. The minimum absolute atomic E-state index is 0.758. The normalized spacial score (nSPS) is 10.8. The molecule has 0 unspecified atom stereocenters. The van der Waals surface area contributed by atoms with Crippen molar-refractivity contribution in [3.05, 3.63) is 53.9 Å². The van der Waals surface area contributed by atoms with Gasteiger partial charge >= 0.3 is 0 Å². The number of carbonyl (C=O) groups is 1. The summed E-state index contributed by atoms with van der Waals surface area (Å²) in [5.74, 6) is 1.82. The molecule has 3 aromatic rings. The zero-order valence-corrected chi connectivity index (χ0v) is 15.4. The van der Waals surface area contributed by atoms with Crippen molar-refractivity contribution in [3.63, 3.8) is 0 Å². The minimum atomic E-state index is 0.758. The van der Waals surface area contributed by atoms with Gasteiger partial charge in [0.2, 0.25) is 6.41 Å². The highest BCUT2D eigenvalue weighted by atomic mass is 16.5. The van der Waals surface area contributed by atoms with Gasteiger partial charge in [0.25, 0.3) is 0 Å². The number of aromatic nitrogens is 2. The van der Waals surface area contributed by atoms with Crippen molar-refractivity contribution >= 4 is 17.4 Å². The first-order chi connectivity index (χ1) is 12.7. The summed E-state index contributed by atoms with van der Waals surface area (Å²) in [4.78, 5) is 15.0. The highest BCUT2D eigenvalue weighted by Gasteiger charge is 2.10. The maximum Gasteiger partial charge on any atom is 0.207 e. The van der Waals surface area contributed by atoms with Gasteiger partial charge in [-0.1, -0.05) is 12.5 Å². The average molecular weight is 351 g/mol. The van der Waals surface area contributed by atoms with Gasteiger partial charge in [0, 0.05) is 12.2 Å². The van der Waals surface area contributed by atoms with Gasteiger partial charge in [0.05, 0.1) is 18.1 Å². The highest BCUT2D eigenvalue weighted by molar-refractivity contribution is 5.79. The molecule has 5 heteroatoms. The minimum Gasteiger partial charge on any atom is -0.497 e. The van der Waals surface area contributed by atoms with Gasteiger partial charge in [-0.15, -0.1) is 0 Å². The van der Waals surface area contributed by atoms with E-state index in [2.05, 4.69) is 28.1 Å². The number of rotatable bonds is 9. The van der Waals surface area contributed by atoms with E-state index in [4.69, 9.17) is 9.72 Å². The number of benzene rings is 2. The highest BCUT2D eigenvalue weighted by Crippen LogP contribution is 2.24. The van der Waals surface area contributed by atoms with Crippen LogP contribution in [0.25, 0.3) is 16.7 Å². The van der Waals surface area contributed by atoms with Crippen molar-refractivity contribution in [2.24, 2.45) is 0 Å². The van der Waals surface area contributed by atoms with Crippen molar-refractivity contribution in [2.75, 3.05) is 13.7 Å². The number of aryl methyl sites for hydroxylation is 2. The average Bonchev–Trinajstić information content (AvgIpc) is 2.99. The molecule has 1 N–H and O–H groups in total. The molecule has 0 spiro atoms. The molecule has 26 heavy (non-hydrogen) atoms. The van der Waals surface area contributed by atoms with Crippen LogP contribution in [0.1, 0.15) is 30.7 Å². The molecule has 0 aliphatic carbocycles. The van der Waals surface area contributed by atoms with Crippen LogP contribution in [0.5, 0.6) is 5.75 Å². The van der Waals surface area contributed by atoms with E-state index in [1.807, 2.05) is 31.2 Å². The number of nitrogens with one attached hydrogen (secondary N) is 1. The molecule has 0 saturated carbocycles. The smallest absolute Gasteiger partial charge is 0.207 e. The van der Waals surface area contributed by atoms with Crippen LogP contribution in [-0.4, -0.2) is 29.6 Å². The molecular formula is C21H25N3O2. The van der Waals surface area contributed by atoms with Crippen molar-refractivity contribution in [3.8, 4) is 11.4 Å². The van der Waals surface area contributed by atoms with Gasteiger partial charge < -0.3 is 10.1 Å². The number of imidazole rings is 1. The fourth-order valence-electron chi connectivity index (χ4n) is 3.25. The Kier molecular flexibility index (Phi) is 5.89. The molecule has 1 aromatic heterocycles. The van der Waals surface area contributed by atoms with E-state index in [1.54, 1.807) is 7.11 Å². The second kappa shape index (κ2) is 8.52. The first-order valence-corrected chi connectivity index (χ1v) is 9.02. The maximum atomic E-state index is 10.2. The molecule has 1 heterocycles. The molecule has 3 rings (SSSR count). The molecule has 0 saturated heterocycles. The van der Waals surface area contributed by atoms with Gasteiger partial charge in [0.15, 0.2) is 0 Å². The molecule has 2 aromatic carbocycles. The maximum absolute atomic E-state index is 10.2. The molecular weight excluding hydrogens is 326 g/mol. The third-order valence-electron chi connectivity index (χ3n) is 4.59. The molecule has 0 fully saturated rings. The predicted molar refractivity (Wildman–Crippen MR) is 104 cm³/mol. The van der Waals surface area contributed by atoms with Crippen molar-refractivity contribution in [1.29, 1.82) is 0 Å². The van der Waals surface area contributed by atoms with Crippen LogP contribution >= 0.6 is 0 Å². The monoisotopic (exact) mass is 351 g/mol. The van der Waals surface area contributed by atoms with Crippen LogP contribution in [0.3, 0.4) is 0 Å². The Morgan fingerprint density at radius 1 is 1.12 bits per heavy atom. The fourth-order valence-corrected chi connectivity index (χ4v) is 3.25. The van der Waals surface area contributed by atoms with Crippen LogP contribution in [-0.2, 0) is 11.2 Å². The summed E-state index contributed by atoms with van der Waals surface area (Å²) in [7, 11) is 1.67. The predicted octanol–water partition coefficient (Wildman–Crippen LogP) is 3.80. The molecule has 0 aliphatic heterocycles. The van der Waals surface area contributed by atoms with Crippen LogP contribution < -0.4 is 10.1 Å². The lowest BCUT2D eigenvalue weighted by Gasteiger charge is -2.08. The van der Waals surface area contributed by atoms with Gasteiger partial charge in [-0.3, -0.25) is 9.36 Å². The van der Waals surface area contributed by atoms with Crippen molar-refractivity contribution < 1.29 is 9.53 Å². The quantitative estimate of drug-likeness (QED) is 0.471. The van der Waals surface area contributed by atoms with Crippen molar-refractivity contribution in [1.82, 2.24) is 14.9 Å². The summed E-state index contributed by atoms with van der Waals surface area (Å²) in [6, 6.07) is 14.6. The van der Waals surface area contributed by atoms with Gasteiger partial charge in [0.1, 0.15) is 11.6 Å². The third-order valence-corrected chi connectivity index (χ3v) is 4.59. The van der Waals surface area contributed by atoms with Crippen LogP contribution in [0.15, 0.2) is 42.5 Å². The number of hydrogen-bond acceptors (Lipinski definition) is 3. The number of methoxy groups -OCH3 is 1. The molecule has 5 nitrogen and oxygen atoms in total. The Hall–Kier alpha value is -2.82. The fraction of sp³-hybridized carbons (Fsp3) is 0.333. The lowest BCUT2D eigenvalue weighted by Crippen LogP contribution is -2.11. The number of amides is 1. The summed E-state index contributed by atoms with van der Waals surface area (Å²) >= 11 is 0. The van der Waals surface area contributed by atoms with Gasteiger partial charge in [-0.05, 0) is 68.1 Å². The molecule has 1 amide bonds. The third kappa shape index (κ3) is 4.04. The topological polar surface area (TPSA) is 56.1 Å². The lowest BCUT2D eigenvalue weighted by atomic mass is 10.1. The summed E-state index contributed by atoms with van der Waals surface area (Å²) in [6.45, 7) is 2.79. The second-order valence-electron chi connectivity index (χ2n) is 6.40. The summed E-state index contributed by atoms with van der Waals surface area (Å²) < 4.78 is 7.41. The zero-order valence-electron chi connectivity index (χ0n) is 15.4. The Bertz CT molecular complexity index is 869. The standard InChI is InChI=1S/C21H25N3O2/c1-16-23-20-14-17(6-4-3-5-13-22-15-25)7-12-21(20)24(16)18-8-10-19(26-2)11-9-18/h7-12,14-15H,3-6,13H2,1-2H3,(H,22,25). The zero-order chi connectivity index (χ0) is 18.4. The number of ether oxygens (including phenoxy) is 1. The number of carbonyl (C=O) groups excluding carboxylic acids is 1. The number of unbranched alkanes of at least 4 members (excludes halogenated alkanes) is 2. The summed E-state index contributed by atoms with van der Waals surface area (Å²) in [6.07, 6.45) is 5.04. The molecule has 0 radical (unpaired) electrons. The van der Waals surface area contributed by atoms with Gasteiger partial charge in [-0.2, -0.15) is 0 Å². The van der Waals surface area contributed by atoms with E-state index in [1.165, 1.54) is 5.56 Å². The first-order valence-electron chi connectivity index (χ1n) is 9.02. The molecule has 0 aliphatic rings. The molecule has 136 valence electrons. The van der Waals surface area contributed by atoms with E-state index in [9.17, 15) is 4.79 Å². The van der Waals surface area contributed by atoms with Crippen LogP contribution in [0.2, 0.25) is 0 Å². The van der Waals surface area contributed by atoms with E-state index >= 15 is 0 Å². The Morgan fingerprint density at radius 3 is 2.65 bits per heavy atom. The Morgan fingerprint density at radius 2 is 1.92 bits per heavy atom. The second-order valence-corrected chi connectivity index (χ2v) is 6.40. The number of hydrogen-bond donors (Lipinski definition) is 1. The van der Waals surface area contributed by atoms with E-state index < -0.39 is 0 Å². The van der Waals surface area contributed by atoms with Crippen LogP contribution in [0, 0.1) is 6.92 Å². The Balaban J connectivity index is 1.74. The number of fused-ring (bicyclic) bond motifs is 1. The van der Waals surface area contributed by atoms with E-state index in [0.29, 0.717) is 0 Å². The van der Waals surface area contributed by atoms with E-state index in [-0.39, 0.29) is 0 Å². The lowest BCUT2D eigenvalue weighted by molar-refractivity contribution is -0.109. The van der Waals surface area contributed by atoms with Crippen LogP contribution in [0.4, 0.5) is 0 Å². The van der Waals surface area contributed by atoms with E-state index in [0.717, 1.165) is 66.9 Å². The molecule has 0 bridgehead atoms. The first kappa shape index (κ1) is 18.0. The van der Waals surface area contributed by atoms with Crippen molar-refractivity contribution in [2.45, 2.75) is 32.6 Å². The largest absolute Gasteiger partial charge is 0.497 e.